The van der Waals surface area contributed by atoms with Crippen LogP contribution in [0.15, 0.2) is 0 Å². The molecular weight excluding hydrogens is 212 g/mol. The summed E-state index contributed by atoms with van der Waals surface area (Å²) >= 11 is 0. The number of rotatable bonds is 6. The molecule has 0 bridgehead atoms. The molecule has 0 saturated heterocycles. The van der Waals surface area contributed by atoms with Gasteiger partial charge in [-0.2, -0.15) is 0 Å². The van der Waals surface area contributed by atoms with E-state index in [0.29, 0.717) is 6.04 Å². The van der Waals surface area contributed by atoms with Crippen molar-refractivity contribution in [2.24, 2.45) is 5.92 Å². The zero-order valence-corrected chi connectivity index (χ0v) is 11.6. The Labute approximate surface area is 106 Å². The SMILES string of the molecule is CC(C)CCCC(C)NC(=O)NC1CCCC1. The van der Waals surface area contributed by atoms with E-state index in [9.17, 15) is 4.79 Å². The van der Waals surface area contributed by atoms with Gasteiger partial charge in [0.1, 0.15) is 0 Å². The number of hydrogen-bond donors (Lipinski definition) is 2. The van der Waals surface area contributed by atoms with Crippen LogP contribution in [0.5, 0.6) is 0 Å². The van der Waals surface area contributed by atoms with Gasteiger partial charge in [0.2, 0.25) is 0 Å². The Balaban J connectivity index is 2.07. The first kappa shape index (κ1) is 14.3. The average Bonchev–Trinajstić information content (AvgIpc) is 2.69. The van der Waals surface area contributed by atoms with Crippen molar-refractivity contribution >= 4 is 6.03 Å². The highest BCUT2D eigenvalue weighted by molar-refractivity contribution is 5.74. The highest BCUT2D eigenvalue weighted by Gasteiger charge is 2.17. The van der Waals surface area contributed by atoms with Gasteiger partial charge in [-0.25, -0.2) is 4.79 Å². The fourth-order valence-electron chi connectivity index (χ4n) is 2.43. The molecule has 1 aliphatic carbocycles. The molecule has 100 valence electrons. The van der Waals surface area contributed by atoms with E-state index in [-0.39, 0.29) is 12.1 Å². The number of carbonyl (C=O) groups excluding carboxylic acids is 1. The first-order chi connectivity index (χ1) is 8.08. The average molecular weight is 240 g/mol. The van der Waals surface area contributed by atoms with Crippen molar-refractivity contribution in [3.63, 3.8) is 0 Å². The molecule has 3 nitrogen and oxygen atoms in total. The van der Waals surface area contributed by atoms with Crippen LogP contribution in [-0.2, 0) is 0 Å². The number of carbonyl (C=O) groups is 1. The second-order valence-electron chi connectivity index (χ2n) is 5.82. The predicted molar refractivity (Wildman–Crippen MR) is 72.1 cm³/mol. The lowest BCUT2D eigenvalue weighted by Gasteiger charge is -2.17. The number of nitrogens with one attached hydrogen (secondary N) is 2. The van der Waals surface area contributed by atoms with Crippen molar-refractivity contribution in [2.45, 2.75) is 77.8 Å². The van der Waals surface area contributed by atoms with Crippen molar-refractivity contribution in [3.8, 4) is 0 Å². The van der Waals surface area contributed by atoms with Crippen LogP contribution in [0, 0.1) is 5.92 Å². The summed E-state index contributed by atoms with van der Waals surface area (Å²) in [6, 6.07) is 0.724. The monoisotopic (exact) mass is 240 g/mol. The van der Waals surface area contributed by atoms with Gasteiger partial charge in [-0.05, 0) is 32.1 Å². The minimum atomic E-state index is 0.0222. The fraction of sp³-hybridized carbons (Fsp3) is 0.929. The molecule has 0 aromatic heterocycles. The van der Waals surface area contributed by atoms with E-state index in [1.54, 1.807) is 0 Å². The van der Waals surface area contributed by atoms with E-state index in [1.165, 1.54) is 25.7 Å². The maximum absolute atomic E-state index is 11.7. The molecule has 1 atom stereocenters. The maximum Gasteiger partial charge on any atom is 0.315 e. The van der Waals surface area contributed by atoms with Crippen molar-refractivity contribution in [3.05, 3.63) is 0 Å². The third kappa shape index (κ3) is 6.54. The van der Waals surface area contributed by atoms with E-state index >= 15 is 0 Å². The third-order valence-electron chi connectivity index (χ3n) is 3.49. The Morgan fingerprint density at radius 3 is 2.41 bits per heavy atom. The van der Waals surface area contributed by atoms with E-state index in [1.807, 2.05) is 0 Å². The van der Waals surface area contributed by atoms with E-state index in [2.05, 4.69) is 31.4 Å². The van der Waals surface area contributed by atoms with Gasteiger partial charge in [0.15, 0.2) is 0 Å². The highest BCUT2D eigenvalue weighted by Crippen LogP contribution is 2.17. The second kappa shape index (κ2) is 7.57. The quantitative estimate of drug-likeness (QED) is 0.733. The number of amides is 2. The zero-order chi connectivity index (χ0) is 12.7. The molecule has 17 heavy (non-hydrogen) atoms. The Kier molecular flexibility index (Phi) is 6.38. The Hall–Kier alpha value is -0.730. The summed E-state index contributed by atoms with van der Waals surface area (Å²) in [5.74, 6) is 0.759. The van der Waals surface area contributed by atoms with Crippen molar-refractivity contribution in [1.29, 1.82) is 0 Å². The number of hydrogen-bond acceptors (Lipinski definition) is 1. The molecule has 0 spiro atoms. The van der Waals surface area contributed by atoms with Gasteiger partial charge >= 0.3 is 6.03 Å². The molecule has 0 heterocycles. The van der Waals surface area contributed by atoms with Crippen LogP contribution in [0.2, 0.25) is 0 Å². The molecule has 2 amide bonds. The predicted octanol–water partition coefficient (Wildman–Crippen LogP) is 3.44. The Morgan fingerprint density at radius 2 is 1.82 bits per heavy atom. The minimum absolute atomic E-state index is 0.0222. The first-order valence-corrected chi connectivity index (χ1v) is 7.15. The fourth-order valence-corrected chi connectivity index (χ4v) is 2.43. The van der Waals surface area contributed by atoms with Crippen LogP contribution in [0.1, 0.15) is 65.7 Å². The van der Waals surface area contributed by atoms with Crippen LogP contribution < -0.4 is 10.6 Å². The molecule has 1 aliphatic rings. The van der Waals surface area contributed by atoms with Crippen molar-refractivity contribution < 1.29 is 4.79 Å². The molecule has 1 unspecified atom stereocenters. The van der Waals surface area contributed by atoms with E-state index in [4.69, 9.17) is 0 Å². The van der Waals surface area contributed by atoms with Gasteiger partial charge in [-0.3, -0.25) is 0 Å². The largest absolute Gasteiger partial charge is 0.336 e. The molecule has 1 fully saturated rings. The van der Waals surface area contributed by atoms with Crippen LogP contribution in [-0.4, -0.2) is 18.1 Å². The van der Waals surface area contributed by atoms with Gasteiger partial charge in [-0.15, -0.1) is 0 Å². The Morgan fingerprint density at radius 1 is 1.18 bits per heavy atom. The maximum atomic E-state index is 11.7. The molecule has 0 aromatic carbocycles. The molecule has 0 aliphatic heterocycles. The molecule has 0 radical (unpaired) electrons. The first-order valence-electron chi connectivity index (χ1n) is 7.15. The second-order valence-corrected chi connectivity index (χ2v) is 5.82. The van der Waals surface area contributed by atoms with Crippen molar-refractivity contribution in [1.82, 2.24) is 10.6 Å². The van der Waals surface area contributed by atoms with Gasteiger partial charge in [0.25, 0.3) is 0 Å². The van der Waals surface area contributed by atoms with Crippen LogP contribution >= 0.6 is 0 Å². The molecule has 3 heteroatoms. The molecule has 0 aromatic rings. The molecule has 1 saturated carbocycles. The smallest absolute Gasteiger partial charge is 0.315 e. The summed E-state index contributed by atoms with van der Waals surface area (Å²) in [7, 11) is 0. The minimum Gasteiger partial charge on any atom is -0.336 e. The summed E-state index contributed by atoms with van der Waals surface area (Å²) in [6.07, 6.45) is 8.34. The summed E-state index contributed by atoms with van der Waals surface area (Å²) < 4.78 is 0. The van der Waals surface area contributed by atoms with E-state index in [0.717, 1.165) is 25.2 Å². The highest BCUT2D eigenvalue weighted by atomic mass is 16.2. The molecular formula is C14H28N2O. The normalized spacial score (nSPS) is 18.4. The number of urea groups is 1. The topological polar surface area (TPSA) is 41.1 Å². The van der Waals surface area contributed by atoms with Crippen LogP contribution in [0.3, 0.4) is 0 Å². The summed E-state index contributed by atoms with van der Waals surface area (Å²) in [5.41, 5.74) is 0. The summed E-state index contributed by atoms with van der Waals surface area (Å²) in [6.45, 7) is 6.57. The van der Waals surface area contributed by atoms with Gasteiger partial charge in [0.05, 0.1) is 0 Å². The Bertz CT molecular complexity index is 222. The lowest BCUT2D eigenvalue weighted by molar-refractivity contribution is 0.233. The summed E-state index contributed by atoms with van der Waals surface area (Å²) in [5, 5.41) is 6.09. The lowest BCUT2D eigenvalue weighted by Crippen LogP contribution is -2.44. The van der Waals surface area contributed by atoms with Gasteiger partial charge in [0, 0.05) is 12.1 Å². The van der Waals surface area contributed by atoms with Gasteiger partial charge < -0.3 is 10.6 Å². The lowest BCUT2D eigenvalue weighted by atomic mass is 10.0. The van der Waals surface area contributed by atoms with E-state index < -0.39 is 0 Å². The molecule has 1 rings (SSSR count). The van der Waals surface area contributed by atoms with Crippen LogP contribution in [0.25, 0.3) is 0 Å². The van der Waals surface area contributed by atoms with Crippen LogP contribution in [0.4, 0.5) is 4.79 Å². The van der Waals surface area contributed by atoms with Gasteiger partial charge in [-0.1, -0.05) is 39.5 Å². The summed E-state index contributed by atoms with van der Waals surface area (Å²) in [4.78, 5) is 11.7. The third-order valence-corrected chi connectivity index (χ3v) is 3.49. The standard InChI is InChI=1S/C14H28N2O/c1-11(2)7-6-8-12(3)15-14(17)16-13-9-4-5-10-13/h11-13H,4-10H2,1-3H3,(H2,15,16,17). The van der Waals surface area contributed by atoms with Crippen molar-refractivity contribution in [2.75, 3.05) is 0 Å². The zero-order valence-electron chi connectivity index (χ0n) is 11.6. The molecule has 2 N–H and O–H groups in total.